The molecule has 5 heterocycles. The fourth-order valence-electron chi connectivity index (χ4n) is 10.9. The van der Waals surface area contributed by atoms with Gasteiger partial charge in [0.15, 0.2) is 0 Å². The largest absolute Gasteiger partial charge is 2.00 e. The van der Waals surface area contributed by atoms with Crippen molar-refractivity contribution in [3.05, 3.63) is 117 Å². The fraction of sp³-hybridized carbons (Fsp3) is 0.421. The normalized spacial score (nSPS) is 11.3. The molecule has 0 saturated heterocycles. The molecule has 0 unspecified atom stereocenters. The minimum Gasteiger partial charge on any atom is -0.657 e. The average Bonchev–Trinajstić information content (AvgIpc) is 1.64. The van der Waals surface area contributed by atoms with Crippen LogP contribution in [0.3, 0.4) is 0 Å². The second-order valence-electron chi connectivity index (χ2n) is 23.8. The average molecular weight is 1370 g/mol. The number of hydrogen-bond acceptors (Lipinski definition) is 18. The summed E-state index contributed by atoms with van der Waals surface area (Å²) in [4.78, 5) is 136. The molecule has 512 valence electrons. The summed E-state index contributed by atoms with van der Waals surface area (Å²) in [6.45, 7) is 16.2. The zero-order chi connectivity index (χ0) is 68.4. The molecule has 0 fully saturated rings. The SMILES string of the molecule is CCCCOC(=O)c1cc2c(cc1C(=O)OCCCC)-c1cc3[n-]c(cc4nc(cc5[n-]c(cc-2n1)c1cc(C(=O)OCCCC)c(C(=O)OCCCC)cc51)-c1cc(C(=O)OCCCC)c(C(=O)OCCCC)cc1-4)c1cc(C(=O)OCCCC)c(C(=O)OCCCC)cc31.[Fe+2]. The van der Waals surface area contributed by atoms with Gasteiger partial charge in [-0.15, -0.1) is 22.1 Å². The van der Waals surface area contributed by atoms with Crippen molar-refractivity contribution in [2.45, 2.75) is 158 Å². The molecule has 9 rings (SSSR count). The Morgan fingerprint density at radius 3 is 0.567 bits per heavy atom. The maximum absolute atomic E-state index is 14.4. The number of aromatic nitrogens is 4. The molecule has 4 aromatic carbocycles. The Kier molecular flexibility index (Phi) is 26.7. The number of carbonyl (C=O) groups is 8. The second-order valence-corrected chi connectivity index (χ2v) is 23.8. The molecular weight excluding hydrogens is 1280 g/mol. The maximum atomic E-state index is 14.4. The van der Waals surface area contributed by atoms with Gasteiger partial charge in [0.25, 0.3) is 0 Å². The van der Waals surface area contributed by atoms with E-state index in [2.05, 4.69) is 0 Å². The van der Waals surface area contributed by atoms with Gasteiger partial charge in [-0.25, -0.2) is 48.3 Å². The number of rotatable bonds is 32. The Hall–Kier alpha value is -9.20. The van der Waals surface area contributed by atoms with Gasteiger partial charge >= 0.3 is 64.8 Å². The zero-order valence-electron chi connectivity index (χ0n) is 56.6. The number of benzene rings is 4. The summed E-state index contributed by atoms with van der Waals surface area (Å²) in [5.74, 6) is -6.22. The minimum atomic E-state index is -0.778. The van der Waals surface area contributed by atoms with Gasteiger partial charge in [0.05, 0.1) is 120 Å². The molecule has 7 aromatic rings. The molecule has 2 aliphatic rings. The van der Waals surface area contributed by atoms with Crippen LogP contribution in [0.15, 0.2) is 72.8 Å². The predicted octanol–water partition coefficient (Wildman–Crippen LogP) is 16.2. The molecule has 2 aliphatic heterocycles. The maximum Gasteiger partial charge on any atom is 2.00 e. The van der Waals surface area contributed by atoms with Crippen LogP contribution in [0.1, 0.15) is 241 Å². The quantitative estimate of drug-likeness (QED) is 0.0164. The molecule has 0 N–H and O–H groups in total. The van der Waals surface area contributed by atoms with E-state index >= 15 is 0 Å². The van der Waals surface area contributed by atoms with E-state index in [0.29, 0.717) is 95.2 Å². The molecule has 21 heteroatoms. The first-order valence-electron chi connectivity index (χ1n) is 33.9. The van der Waals surface area contributed by atoms with Crippen molar-refractivity contribution in [3.63, 3.8) is 0 Å². The molecule has 3 aromatic heterocycles. The molecule has 97 heavy (non-hydrogen) atoms. The second kappa shape index (κ2) is 35.2. The van der Waals surface area contributed by atoms with Crippen molar-refractivity contribution in [1.29, 1.82) is 0 Å². The van der Waals surface area contributed by atoms with Gasteiger partial charge in [-0.3, -0.25) is 0 Å². The summed E-state index contributed by atoms with van der Waals surface area (Å²) < 4.78 is 46.4. The molecule has 8 bridgehead atoms. The first-order valence-corrected chi connectivity index (χ1v) is 33.9. The van der Waals surface area contributed by atoms with Gasteiger partial charge in [0, 0.05) is 22.3 Å². The molecule has 0 saturated carbocycles. The van der Waals surface area contributed by atoms with Crippen molar-refractivity contribution in [2.24, 2.45) is 0 Å². The van der Waals surface area contributed by atoms with E-state index in [1.807, 2.05) is 55.4 Å². The Balaban J connectivity index is 0.0000120. The topological polar surface area (TPSA) is 264 Å². The number of fused-ring (bicyclic) bond motifs is 20. The van der Waals surface area contributed by atoms with Crippen molar-refractivity contribution >= 4 is 91.4 Å². The summed E-state index contributed by atoms with van der Waals surface area (Å²) in [6.07, 6.45) is 10.3. The molecule has 0 aliphatic carbocycles. The summed E-state index contributed by atoms with van der Waals surface area (Å²) in [6, 6.07) is 18.8. The van der Waals surface area contributed by atoms with Crippen molar-refractivity contribution < 1.29 is 93.3 Å². The van der Waals surface area contributed by atoms with Crippen LogP contribution in [0, 0.1) is 0 Å². The number of nitrogens with zero attached hydrogens (tertiary/aromatic N) is 4. The first-order chi connectivity index (χ1) is 46.6. The van der Waals surface area contributed by atoms with Gasteiger partial charge < -0.3 is 47.9 Å². The third-order valence-electron chi connectivity index (χ3n) is 16.5. The summed E-state index contributed by atoms with van der Waals surface area (Å²) in [5, 5.41) is 1.41. The Labute approximate surface area is 575 Å². The summed E-state index contributed by atoms with van der Waals surface area (Å²) in [5.41, 5.74) is 2.47. The summed E-state index contributed by atoms with van der Waals surface area (Å²) >= 11 is 0. The number of unbranched alkanes of at least 4 members (excludes halogenated alkanes) is 8. The van der Waals surface area contributed by atoms with E-state index in [1.165, 1.54) is 48.5 Å². The number of ether oxygens (including phenoxy) is 8. The van der Waals surface area contributed by atoms with Crippen molar-refractivity contribution in [1.82, 2.24) is 19.9 Å². The van der Waals surface area contributed by atoms with E-state index < -0.39 is 47.8 Å². The number of hydrogen-bond donors (Lipinski definition) is 0. The fourth-order valence-corrected chi connectivity index (χ4v) is 10.9. The van der Waals surface area contributed by atoms with Crippen LogP contribution in [0.2, 0.25) is 0 Å². The van der Waals surface area contributed by atoms with E-state index in [1.54, 1.807) is 24.3 Å². The van der Waals surface area contributed by atoms with E-state index in [-0.39, 0.29) is 159 Å². The van der Waals surface area contributed by atoms with Crippen LogP contribution in [0.25, 0.3) is 88.6 Å². The minimum absolute atomic E-state index is 0. The van der Waals surface area contributed by atoms with Gasteiger partial charge in [0.1, 0.15) is 0 Å². The van der Waals surface area contributed by atoms with Crippen molar-refractivity contribution in [2.75, 3.05) is 52.9 Å². The Bertz CT molecular complexity index is 3750. The van der Waals surface area contributed by atoms with Crippen LogP contribution in [0.5, 0.6) is 0 Å². The van der Waals surface area contributed by atoms with Crippen LogP contribution in [-0.2, 0) is 55.0 Å². The van der Waals surface area contributed by atoms with Crippen molar-refractivity contribution in [3.8, 4) is 45.0 Å². The van der Waals surface area contributed by atoms with Crippen LogP contribution < -0.4 is 9.97 Å². The van der Waals surface area contributed by atoms with Gasteiger partial charge in [0.2, 0.25) is 0 Å². The number of carbonyl (C=O) groups excluding carboxylic acids is 8. The van der Waals surface area contributed by atoms with Gasteiger partial charge in [-0.2, -0.15) is 0 Å². The molecule has 0 atom stereocenters. The van der Waals surface area contributed by atoms with E-state index in [9.17, 15) is 38.4 Å². The first kappa shape index (κ1) is 73.6. The molecule has 0 spiro atoms. The van der Waals surface area contributed by atoms with Gasteiger partial charge in [-0.05, 0) is 146 Å². The monoisotopic (exact) mass is 1360 g/mol. The standard InChI is InChI=1S/C76H86N4O16.Fe/c1-9-17-25-89-69(81)53-33-45-46(34-54(53)70(82)90-26-18-10-2)62-42-64-49-37-57(73(85)93-29-21-13-5)58(74(86)94-30-22-14-6)38-50(49)66(79-64)44-68-52-40-60(76(88)96-32-24-16-8)59(75(87)95-31-23-15-7)39-51(52)67(80-68)43-65-48-36-56(72(84)92-28-20-12-4)55(71(83)91-27-19-11-3)35-47(48)63(78-65)41-61(45)77-62;/h33-44H,9-32H2,1-8H3,(H2,77,78,79,80,81,82,83,84,85,86,87,88);/q;+2/p-2. The Morgan fingerprint density at radius 2 is 0.412 bits per heavy atom. The van der Waals surface area contributed by atoms with Crippen LogP contribution in [-0.4, -0.2) is 111 Å². The smallest absolute Gasteiger partial charge is 0.657 e. The molecule has 0 amide bonds. The summed E-state index contributed by atoms with van der Waals surface area (Å²) in [7, 11) is 0. The van der Waals surface area contributed by atoms with E-state index in [0.717, 1.165) is 51.4 Å². The third kappa shape index (κ3) is 17.1. The van der Waals surface area contributed by atoms with E-state index in [4.69, 9.17) is 57.8 Å². The third-order valence-corrected chi connectivity index (χ3v) is 16.5. The Morgan fingerprint density at radius 1 is 0.258 bits per heavy atom. The molecule has 0 radical (unpaired) electrons. The number of esters is 8. The van der Waals surface area contributed by atoms with Gasteiger partial charge in [-0.1, -0.05) is 107 Å². The molecular formula is C76H84FeN4O16. The van der Waals surface area contributed by atoms with Crippen LogP contribution in [0.4, 0.5) is 0 Å². The zero-order valence-corrected chi connectivity index (χ0v) is 57.7. The predicted molar refractivity (Wildman–Crippen MR) is 364 cm³/mol. The van der Waals surface area contributed by atoms with Crippen LogP contribution >= 0.6 is 0 Å². The molecule has 20 nitrogen and oxygen atoms in total.